The summed E-state index contributed by atoms with van der Waals surface area (Å²) in [4.78, 5) is 24.0. The van der Waals surface area contributed by atoms with Crippen molar-refractivity contribution >= 4 is 46.0 Å². The molecule has 3 aromatic rings. The van der Waals surface area contributed by atoms with Gasteiger partial charge in [-0.1, -0.05) is 61.5 Å². The van der Waals surface area contributed by atoms with Gasteiger partial charge in [0.1, 0.15) is 5.75 Å². The second kappa shape index (κ2) is 10.9. The van der Waals surface area contributed by atoms with Crippen LogP contribution >= 0.6 is 12.2 Å². The number of rotatable bonds is 6. The van der Waals surface area contributed by atoms with Crippen molar-refractivity contribution in [3.63, 3.8) is 0 Å². The number of nitrogens with one attached hydrogen (secondary N) is 3. The van der Waals surface area contributed by atoms with Crippen LogP contribution < -0.4 is 20.9 Å². The van der Waals surface area contributed by atoms with Gasteiger partial charge in [0, 0.05) is 6.08 Å². The molecule has 3 N–H and O–H groups in total. The zero-order chi connectivity index (χ0) is 22.1. The predicted octanol–water partition coefficient (Wildman–Crippen LogP) is 3.52. The Bertz CT molecular complexity index is 1110. The Hall–Kier alpha value is -3.71. The Morgan fingerprint density at radius 3 is 2.48 bits per heavy atom. The van der Waals surface area contributed by atoms with Crippen molar-refractivity contribution in [3.05, 3.63) is 83.9 Å². The standard InChI is InChI=1S/C24H23N3O3S/c1-2-17-10-13-20(14-11-17)30-16-23(29)26-27-24(31)25-22(28)15-12-19-8-5-7-18-6-3-4-9-21(18)19/h3-15H,2,16H2,1H3,(H,26,29)(H2,25,27,28,31)/b15-12+. The Kier molecular flexibility index (Phi) is 7.73. The molecule has 0 spiro atoms. The first-order valence-corrected chi connectivity index (χ1v) is 10.2. The summed E-state index contributed by atoms with van der Waals surface area (Å²) in [5, 5.41) is 4.60. The van der Waals surface area contributed by atoms with Gasteiger partial charge in [0.25, 0.3) is 5.91 Å². The number of hydrazine groups is 1. The van der Waals surface area contributed by atoms with Crippen LogP contribution in [0.1, 0.15) is 18.1 Å². The topological polar surface area (TPSA) is 79.5 Å². The van der Waals surface area contributed by atoms with E-state index in [1.54, 1.807) is 6.08 Å². The van der Waals surface area contributed by atoms with Gasteiger partial charge >= 0.3 is 0 Å². The lowest BCUT2D eigenvalue weighted by Gasteiger charge is -2.10. The highest BCUT2D eigenvalue weighted by Gasteiger charge is 2.06. The Labute approximate surface area is 186 Å². The minimum absolute atomic E-state index is 0.0202. The summed E-state index contributed by atoms with van der Waals surface area (Å²) in [5.41, 5.74) is 6.98. The highest BCUT2D eigenvalue weighted by atomic mass is 32.1. The minimum atomic E-state index is -0.428. The Morgan fingerprint density at radius 2 is 1.71 bits per heavy atom. The van der Waals surface area contributed by atoms with Crippen molar-refractivity contribution in [1.82, 2.24) is 16.2 Å². The number of hydrogen-bond acceptors (Lipinski definition) is 4. The molecule has 6 nitrogen and oxygen atoms in total. The second-order valence-corrected chi connectivity index (χ2v) is 7.09. The first kappa shape index (κ1) is 22.0. The third kappa shape index (κ3) is 6.65. The van der Waals surface area contributed by atoms with Crippen LogP contribution in [0, 0.1) is 0 Å². The molecule has 0 saturated heterocycles. The fourth-order valence-electron chi connectivity index (χ4n) is 2.88. The zero-order valence-corrected chi connectivity index (χ0v) is 17.9. The Balaban J connectivity index is 1.42. The van der Waals surface area contributed by atoms with E-state index in [0.29, 0.717) is 5.75 Å². The highest BCUT2D eigenvalue weighted by Crippen LogP contribution is 2.19. The number of amides is 2. The van der Waals surface area contributed by atoms with Gasteiger partial charge in [-0.15, -0.1) is 0 Å². The fraction of sp³-hybridized carbons (Fsp3) is 0.125. The van der Waals surface area contributed by atoms with E-state index in [2.05, 4.69) is 23.1 Å². The maximum absolute atomic E-state index is 12.1. The molecule has 7 heteroatoms. The number of carbonyl (C=O) groups is 2. The second-order valence-electron chi connectivity index (χ2n) is 6.68. The van der Waals surface area contributed by atoms with E-state index >= 15 is 0 Å². The van der Waals surface area contributed by atoms with Gasteiger partial charge < -0.3 is 4.74 Å². The van der Waals surface area contributed by atoms with Crippen LogP contribution in [0.5, 0.6) is 5.75 Å². The van der Waals surface area contributed by atoms with E-state index in [0.717, 1.165) is 22.8 Å². The van der Waals surface area contributed by atoms with Gasteiger partial charge in [-0.3, -0.25) is 25.8 Å². The van der Waals surface area contributed by atoms with E-state index in [1.807, 2.05) is 66.7 Å². The van der Waals surface area contributed by atoms with E-state index in [4.69, 9.17) is 17.0 Å². The molecule has 0 unspecified atom stereocenters. The summed E-state index contributed by atoms with van der Waals surface area (Å²) in [6, 6.07) is 21.3. The average Bonchev–Trinajstić information content (AvgIpc) is 2.80. The van der Waals surface area contributed by atoms with Gasteiger partial charge in [-0.2, -0.15) is 0 Å². The summed E-state index contributed by atoms with van der Waals surface area (Å²) < 4.78 is 5.41. The molecule has 2 amide bonds. The van der Waals surface area contributed by atoms with Gasteiger partial charge in [0.05, 0.1) is 0 Å². The largest absolute Gasteiger partial charge is 0.484 e. The molecule has 0 aliphatic carbocycles. The molecule has 158 valence electrons. The molecule has 0 bridgehead atoms. The van der Waals surface area contributed by atoms with Crippen molar-refractivity contribution in [3.8, 4) is 5.75 Å². The fourth-order valence-corrected chi connectivity index (χ4v) is 3.03. The van der Waals surface area contributed by atoms with Crippen LogP contribution in [0.2, 0.25) is 0 Å². The van der Waals surface area contributed by atoms with E-state index in [9.17, 15) is 9.59 Å². The molecule has 0 fully saturated rings. The van der Waals surface area contributed by atoms with Crippen molar-refractivity contribution in [2.45, 2.75) is 13.3 Å². The number of benzene rings is 3. The summed E-state index contributed by atoms with van der Waals surface area (Å²) in [6.45, 7) is 1.88. The lowest BCUT2D eigenvalue weighted by atomic mass is 10.0. The van der Waals surface area contributed by atoms with Crippen molar-refractivity contribution in [2.24, 2.45) is 0 Å². The zero-order valence-electron chi connectivity index (χ0n) is 17.1. The normalized spacial score (nSPS) is 10.6. The van der Waals surface area contributed by atoms with E-state index < -0.39 is 11.8 Å². The summed E-state index contributed by atoms with van der Waals surface area (Å²) in [7, 11) is 0. The number of carbonyl (C=O) groups excluding carboxylic acids is 2. The maximum Gasteiger partial charge on any atom is 0.276 e. The molecular weight excluding hydrogens is 410 g/mol. The number of fused-ring (bicyclic) bond motifs is 1. The van der Waals surface area contributed by atoms with Crippen LogP contribution in [-0.4, -0.2) is 23.5 Å². The first-order chi connectivity index (χ1) is 15.0. The minimum Gasteiger partial charge on any atom is -0.484 e. The molecule has 0 aliphatic rings. The molecule has 0 aromatic heterocycles. The van der Waals surface area contributed by atoms with E-state index in [1.165, 1.54) is 11.6 Å². The molecule has 3 aromatic carbocycles. The molecule has 0 atom stereocenters. The average molecular weight is 434 g/mol. The molecule has 0 aliphatic heterocycles. The summed E-state index contributed by atoms with van der Waals surface area (Å²) in [5.74, 6) is -0.240. The van der Waals surface area contributed by atoms with Crippen molar-refractivity contribution in [2.75, 3.05) is 6.61 Å². The van der Waals surface area contributed by atoms with Crippen LogP contribution in [0.25, 0.3) is 16.8 Å². The van der Waals surface area contributed by atoms with Crippen LogP contribution in [-0.2, 0) is 16.0 Å². The quantitative estimate of drug-likeness (QED) is 0.315. The maximum atomic E-state index is 12.1. The predicted molar refractivity (Wildman–Crippen MR) is 126 cm³/mol. The Morgan fingerprint density at radius 1 is 0.968 bits per heavy atom. The van der Waals surface area contributed by atoms with Crippen molar-refractivity contribution < 1.29 is 14.3 Å². The molecule has 31 heavy (non-hydrogen) atoms. The number of thiocarbonyl (C=S) groups is 1. The molecular formula is C24H23N3O3S. The molecule has 0 radical (unpaired) electrons. The highest BCUT2D eigenvalue weighted by molar-refractivity contribution is 7.80. The van der Waals surface area contributed by atoms with Crippen LogP contribution in [0.4, 0.5) is 0 Å². The van der Waals surface area contributed by atoms with Crippen LogP contribution in [0.3, 0.4) is 0 Å². The lowest BCUT2D eigenvalue weighted by Crippen LogP contribution is -2.49. The summed E-state index contributed by atoms with van der Waals surface area (Å²) >= 11 is 5.03. The first-order valence-electron chi connectivity index (χ1n) is 9.82. The molecule has 0 heterocycles. The number of aryl methyl sites for hydroxylation is 1. The molecule has 3 rings (SSSR count). The third-order valence-electron chi connectivity index (χ3n) is 4.49. The monoisotopic (exact) mass is 433 g/mol. The lowest BCUT2D eigenvalue weighted by molar-refractivity contribution is -0.123. The van der Waals surface area contributed by atoms with Gasteiger partial charge in [0.2, 0.25) is 5.91 Å². The van der Waals surface area contributed by atoms with Crippen LogP contribution in [0.15, 0.2) is 72.8 Å². The number of ether oxygens (including phenoxy) is 1. The summed E-state index contributed by atoms with van der Waals surface area (Å²) in [6.07, 6.45) is 4.04. The van der Waals surface area contributed by atoms with Gasteiger partial charge in [0.15, 0.2) is 11.7 Å². The van der Waals surface area contributed by atoms with E-state index in [-0.39, 0.29) is 11.7 Å². The number of hydrogen-bond donors (Lipinski definition) is 3. The van der Waals surface area contributed by atoms with Crippen molar-refractivity contribution in [1.29, 1.82) is 0 Å². The smallest absolute Gasteiger partial charge is 0.276 e. The van der Waals surface area contributed by atoms with Gasteiger partial charge in [-0.05, 0) is 58.7 Å². The van der Waals surface area contributed by atoms with Gasteiger partial charge in [-0.25, -0.2) is 0 Å². The third-order valence-corrected chi connectivity index (χ3v) is 4.70. The molecule has 0 saturated carbocycles. The SMILES string of the molecule is CCc1ccc(OCC(=O)NNC(=S)NC(=O)/C=C/c2cccc3ccccc23)cc1.